The van der Waals surface area contributed by atoms with Crippen molar-refractivity contribution in [3.05, 3.63) is 34.3 Å². The summed E-state index contributed by atoms with van der Waals surface area (Å²) in [7, 11) is 0. The molecule has 1 aromatic carbocycles. The number of nitrogens with one attached hydrogen (secondary N) is 1. The maximum absolute atomic E-state index is 3.81. The standard InChI is InChI=1S/C16H23BrN2/c17-15-7-3-2-6-14(15)12-19-11-10-18-16(13-19)8-4-1-5-9-16/h2-3,6-7,18H,1,4-5,8-13H2. The van der Waals surface area contributed by atoms with E-state index in [-0.39, 0.29) is 0 Å². The Balaban J connectivity index is 1.67. The molecule has 1 aliphatic carbocycles. The minimum absolute atomic E-state index is 0.414. The minimum Gasteiger partial charge on any atom is -0.309 e. The van der Waals surface area contributed by atoms with Gasteiger partial charge < -0.3 is 5.32 Å². The molecule has 1 aromatic rings. The second-order valence-corrected chi connectivity index (χ2v) is 6.92. The number of nitrogens with zero attached hydrogens (tertiary/aromatic N) is 1. The average Bonchev–Trinajstić information content (AvgIpc) is 2.42. The number of halogens is 1. The molecule has 3 heteroatoms. The largest absolute Gasteiger partial charge is 0.309 e. The van der Waals surface area contributed by atoms with Gasteiger partial charge in [-0.05, 0) is 24.5 Å². The van der Waals surface area contributed by atoms with Crippen LogP contribution in [0, 0.1) is 0 Å². The first kappa shape index (κ1) is 13.6. The maximum atomic E-state index is 3.81. The van der Waals surface area contributed by atoms with Gasteiger partial charge in [0.2, 0.25) is 0 Å². The molecule has 0 amide bonds. The fourth-order valence-electron chi connectivity index (χ4n) is 3.61. The summed E-state index contributed by atoms with van der Waals surface area (Å²) in [6, 6.07) is 8.61. The Morgan fingerprint density at radius 1 is 1.16 bits per heavy atom. The van der Waals surface area contributed by atoms with E-state index < -0.39 is 0 Å². The number of benzene rings is 1. The van der Waals surface area contributed by atoms with E-state index in [0.717, 1.165) is 13.1 Å². The highest BCUT2D eigenvalue weighted by Crippen LogP contribution is 2.31. The summed E-state index contributed by atoms with van der Waals surface area (Å²) in [5, 5.41) is 3.81. The lowest BCUT2D eigenvalue weighted by molar-refractivity contribution is 0.0944. The monoisotopic (exact) mass is 322 g/mol. The summed E-state index contributed by atoms with van der Waals surface area (Å²) < 4.78 is 1.24. The molecule has 19 heavy (non-hydrogen) atoms. The van der Waals surface area contributed by atoms with Crippen LogP contribution in [0.1, 0.15) is 37.7 Å². The number of piperazine rings is 1. The van der Waals surface area contributed by atoms with E-state index in [1.165, 1.54) is 55.2 Å². The Morgan fingerprint density at radius 3 is 2.74 bits per heavy atom. The molecule has 104 valence electrons. The third kappa shape index (κ3) is 3.21. The Bertz CT molecular complexity index is 421. The molecular weight excluding hydrogens is 300 g/mol. The van der Waals surface area contributed by atoms with Crippen LogP contribution in [-0.2, 0) is 6.54 Å². The normalized spacial score (nSPS) is 23.6. The molecule has 1 aliphatic heterocycles. The zero-order valence-electron chi connectivity index (χ0n) is 11.5. The van der Waals surface area contributed by atoms with Gasteiger partial charge in [0.1, 0.15) is 0 Å². The van der Waals surface area contributed by atoms with Crippen LogP contribution in [0.3, 0.4) is 0 Å². The predicted molar refractivity (Wildman–Crippen MR) is 83.2 cm³/mol. The number of rotatable bonds is 2. The summed E-state index contributed by atoms with van der Waals surface area (Å²) in [5.74, 6) is 0. The van der Waals surface area contributed by atoms with Gasteiger partial charge in [-0.25, -0.2) is 0 Å². The SMILES string of the molecule is Brc1ccccc1CN1CCNC2(CCCCC2)C1. The van der Waals surface area contributed by atoms with E-state index in [1.54, 1.807) is 0 Å². The van der Waals surface area contributed by atoms with Crippen molar-refractivity contribution in [2.45, 2.75) is 44.2 Å². The molecule has 3 rings (SSSR count). The first-order valence-corrected chi connectivity index (χ1v) is 8.28. The van der Waals surface area contributed by atoms with Crippen LogP contribution in [0.2, 0.25) is 0 Å². The average molecular weight is 323 g/mol. The quantitative estimate of drug-likeness (QED) is 0.895. The van der Waals surface area contributed by atoms with Crippen LogP contribution in [0.15, 0.2) is 28.7 Å². The predicted octanol–water partition coefficient (Wildman–Crippen LogP) is 3.56. The van der Waals surface area contributed by atoms with Crippen LogP contribution in [0.25, 0.3) is 0 Å². The fraction of sp³-hybridized carbons (Fsp3) is 0.625. The van der Waals surface area contributed by atoms with Crippen LogP contribution >= 0.6 is 15.9 Å². The molecule has 1 N–H and O–H groups in total. The van der Waals surface area contributed by atoms with Gasteiger partial charge >= 0.3 is 0 Å². The highest BCUT2D eigenvalue weighted by atomic mass is 79.9. The van der Waals surface area contributed by atoms with E-state index in [0.29, 0.717) is 5.54 Å². The van der Waals surface area contributed by atoms with Crippen molar-refractivity contribution in [1.82, 2.24) is 10.2 Å². The van der Waals surface area contributed by atoms with Crippen molar-refractivity contribution < 1.29 is 0 Å². The summed E-state index contributed by atoms with van der Waals surface area (Å²) >= 11 is 3.67. The summed E-state index contributed by atoms with van der Waals surface area (Å²) in [6.45, 7) is 4.60. The van der Waals surface area contributed by atoms with Gasteiger partial charge in [-0.3, -0.25) is 4.90 Å². The van der Waals surface area contributed by atoms with E-state index >= 15 is 0 Å². The molecule has 0 radical (unpaired) electrons. The number of hydrogen-bond acceptors (Lipinski definition) is 2. The second kappa shape index (κ2) is 5.94. The molecule has 2 nitrogen and oxygen atoms in total. The molecule has 2 fully saturated rings. The summed E-state index contributed by atoms with van der Waals surface area (Å²) in [5.41, 5.74) is 1.83. The Morgan fingerprint density at radius 2 is 1.95 bits per heavy atom. The lowest BCUT2D eigenvalue weighted by atomic mass is 9.80. The van der Waals surface area contributed by atoms with E-state index in [4.69, 9.17) is 0 Å². The zero-order valence-corrected chi connectivity index (χ0v) is 13.1. The molecule has 0 aromatic heterocycles. The molecule has 0 unspecified atom stereocenters. The van der Waals surface area contributed by atoms with Crippen LogP contribution in [0.5, 0.6) is 0 Å². The Hall–Kier alpha value is -0.380. The molecule has 1 saturated carbocycles. The van der Waals surface area contributed by atoms with Crippen molar-refractivity contribution >= 4 is 15.9 Å². The zero-order chi connectivity index (χ0) is 13.1. The molecule has 1 spiro atoms. The second-order valence-electron chi connectivity index (χ2n) is 6.07. The third-order valence-corrected chi connectivity index (χ3v) is 5.39. The van der Waals surface area contributed by atoms with Gasteiger partial charge in [-0.1, -0.05) is 53.4 Å². The van der Waals surface area contributed by atoms with Crippen molar-refractivity contribution in [1.29, 1.82) is 0 Å². The van der Waals surface area contributed by atoms with Crippen molar-refractivity contribution in [3.8, 4) is 0 Å². The van der Waals surface area contributed by atoms with Crippen molar-refractivity contribution in [3.63, 3.8) is 0 Å². The van der Waals surface area contributed by atoms with Crippen LogP contribution in [0.4, 0.5) is 0 Å². The highest BCUT2D eigenvalue weighted by Gasteiger charge is 2.35. The maximum Gasteiger partial charge on any atom is 0.0309 e. The topological polar surface area (TPSA) is 15.3 Å². The first-order valence-electron chi connectivity index (χ1n) is 7.48. The van der Waals surface area contributed by atoms with Crippen LogP contribution in [-0.4, -0.2) is 30.1 Å². The summed E-state index contributed by atoms with van der Waals surface area (Å²) in [6.07, 6.45) is 6.94. The Labute approximate surface area is 124 Å². The molecular formula is C16H23BrN2. The van der Waals surface area contributed by atoms with Crippen molar-refractivity contribution in [2.24, 2.45) is 0 Å². The van der Waals surface area contributed by atoms with Gasteiger partial charge in [-0.2, -0.15) is 0 Å². The fourth-order valence-corrected chi connectivity index (χ4v) is 4.02. The number of hydrogen-bond donors (Lipinski definition) is 1. The minimum atomic E-state index is 0.414. The van der Waals surface area contributed by atoms with Gasteiger partial charge in [0.15, 0.2) is 0 Å². The van der Waals surface area contributed by atoms with Gasteiger partial charge in [0.25, 0.3) is 0 Å². The summed E-state index contributed by atoms with van der Waals surface area (Å²) in [4.78, 5) is 2.63. The Kier molecular flexibility index (Phi) is 4.25. The van der Waals surface area contributed by atoms with Gasteiger partial charge in [0, 0.05) is 36.2 Å². The molecule has 0 bridgehead atoms. The van der Waals surface area contributed by atoms with Gasteiger partial charge in [0.05, 0.1) is 0 Å². The lowest BCUT2D eigenvalue weighted by Gasteiger charge is -2.46. The molecule has 2 aliphatic rings. The molecule has 0 atom stereocenters. The first-order chi connectivity index (χ1) is 9.27. The van der Waals surface area contributed by atoms with Crippen molar-refractivity contribution in [2.75, 3.05) is 19.6 Å². The van der Waals surface area contributed by atoms with Crippen LogP contribution < -0.4 is 5.32 Å². The lowest BCUT2D eigenvalue weighted by Crippen LogP contribution is -2.60. The smallest absolute Gasteiger partial charge is 0.0309 e. The van der Waals surface area contributed by atoms with Gasteiger partial charge in [-0.15, -0.1) is 0 Å². The molecule has 1 saturated heterocycles. The third-order valence-electron chi connectivity index (χ3n) is 4.62. The molecule has 1 heterocycles. The van der Waals surface area contributed by atoms with E-state index in [2.05, 4.69) is 50.4 Å². The highest BCUT2D eigenvalue weighted by molar-refractivity contribution is 9.10. The van der Waals surface area contributed by atoms with E-state index in [1.807, 2.05) is 0 Å². The van der Waals surface area contributed by atoms with E-state index in [9.17, 15) is 0 Å².